The molecule has 0 amide bonds. The van der Waals surface area contributed by atoms with Gasteiger partial charge in [-0.05, 0) is 36.1 Å². The van der Waals surface area contributed by atoms with E-state index in [0.29, 0.717) is 0 Å². The molecule has 1 nitrogen and oxygen atoms in total. The molecule has 0 fully saturated rings. The Morgan fingerprint density at radius 3 is 2.46 bits per heavy atom. The number of hydrogen-bond acceptors (Lipinski definition) is 1. The summed E-state index contributed by atoms with van der Waals surface area (Å²) in [6, 6.07) is 4.44. The molecule has 0 aliphatic carbocycles. The SMILES string of the molecule is CC.Cc1ccc2c(c1C)CNC2. The van der Waals surface area contributed by atoms with Crippen LogP contribution in [0.25, 0.3) is 0 Å². The fourth-order valence-electron chi connectivity index (χ4n) is 1.66. The fourth-order valence-corrected chi connectivity index (χ4v) is 1.66. The summed E-state index contributed by atoms with van der Waals surface area (Å²) in [6.45, 7) is 10.5. The predicted molar refractivity (Wildman–Crippen MR) is 57.8 cm³/mol. The van der Waals surface area contributed by atoms with E-state index in [0.717, 1.165) is 13.1 Å². The van der Waals surface area contributed by atoms with Crippen molar-refractivity contribution in [2.75, 3.05) is 0 Å². The highest BCUT2D eigenvalue weighted by atomic mass is 14.9. The van der Waals surface area contributed by atoms with E-state index in [1.165, 1.54) is 22.3 Å². The van der Waals surface area contributed by atoms with E-state index in [9.17, 15) is 0 Å². The van der Waals surface area contributed by atoms with Crippen LogP contribution in [0, 0.1) is 13.8 Å². The average Bonchev–Trinajstić information content (AvgIpc) is 2.63. The van der Waals surface area contributed by atoms with Crippen molar-refractivity contribution in [1.29, 1.82) is 0 Å². The number of hydrogen-bond donors (Lipinski definition) is 1. The second kappa shape index (κ2) is 4.43. The minimum atomic E-state index is 1.05. The smallest absolute Gasteiger partial charge is 0.0214 e. The molecule has 2 rings (SSSR count). The molecule has 0 spiro atoms. The van der Waals surface area contributed by atoms with E-state index in [4.69, 9.17) is 0 Å². The Morgan fingerprint density at radius 2 is 1.77 bits per heavy atom. The molecule has 0 bridgehead atoms. The summed E-state index contributed by atoms with van der Waals surface area (Å²) < 4.78 is 0. The van der Waals surface area contributed by atoms with Gasteiger partial charge in [0.05, 0.1) is 0 Å². The zero-order chi connectivity index (χ0) is 9.84. The molecular formula is C12H19N. The van der Waals surface area contributed by atoms with Crippen molar-refractivity contribution in [1.82, 2.24) is 5.32 Å². The van der Waals surface area contributed by atoms with Gasteiger partial charge in [0.15, 0.2) is 0 Å². The van der Waals surface area contributed by atoms with Gasteiger partial charge in [-0.1, -0.05) is 26.0 Å². The average molecular weight is 177 g/mol. The highest BCUT2D eigenvalue weighted by Crippen LogP contribution is 2.21. The first-order valence-corrected chi connectivity index (χ1v) is 5.07. The van der Waals surface area contributed by atoms with Crippen molar-refractivity contribution in [3.05, 3.63) is 34.4 Å². The van der Waals surface area contributed by atoms with Gasteiger partial charge < -0.3 is 5.32 Å². The zero-order valence-corrected chi connectivity index (χ0v) is 9.07. The highest BCUT2D eigenvalue weighted by Gasteiger charge is 2.12. The standard InChI is InChI=1S/C10H13N.C2H6/c1-7-3-4-9-5-11-6-10(9)8(7)2;1-2/h3-4,11H,5-6H2,1-2H3;1-2H3. The molecule has 72 valence electrons. The first-order valence-electron chi connectivity index (χ1n) is 5.07. The number of rotatable bonds is 0. The molecule has 0 atom stereocenters. The van der Waals surface area contributed by atoms with Crippen LogP contribution in [0.4, 0.5) is 0 Å². The Bertz CT molecular complexity index is 289. The van der Waals surface area contributed by atoms with Gasteiger partial charge in [-0.3, -0.25) is 0 Å². The van der Waals surface area contributed by atoms with Crippen molar-refractivity contribution in [3.8, 4) is 0 Å². The van der Waals surface area contributed by atoms with E-state index in [-0.39, 0.29) is 0 Å². The molecule has 0 aromatic heterocycles. The lowest BCUT2D eigenvalue weighted by Crippen LogP contribution is -2.00. The summed E-state index contributed by atoms with van der Waals surface area (Å²) in [7, 11) is 0. The molecule has 1 aromatic rings. The van der Waals surface area contributed by atoms with Gasteiger partial charge in [-0.2, -0.15) is 0 Å². The maximum Gasteiger partial charge on any atom is 0.0214 e. The van der Waals surface area contributed by atoms with Crippen LogP contribution in [-0.2, 0) is 13.1 Å². The fraction of sp³-hybridized carbons (Fsp3) is 0.500. The van der Waals surface area contributed by atoms with Gasteiger partial charge in [-0.15, -0.1) is 0 Å². The van der Waals surface area contributed by atoms with E-state index >= 15 is 0 Å². The normalized spacial score (nSPS) is 13.2. The van der Waals surface area contributed by atoms with E-state index < -0.39 is 0 Å². The second-order valence-corrected chi connectivity index (χ2v) is 3.25. The minimum Gasteiger partial charge on any atom is -0.309 e. The van der Waals surface area contributed by atoms with E-state index in [2.05, 4.69) is 31.3 Å². The Morgan fingerprint density at radius 1 is 1.08 bits per heavy atom. The van der Waals surface area contributed by atoms with Crippen LogP contribution in [0.3, 0.4) is 0 Å². The lowest BCUT2D eigenvalue weighted by atomic mass is 10.0. The molecule has 0 saturated carbocycles. The van der Waals surface area contributed by atoms with Gasteiger partial charge in [0.2, 0.25) is 0 Å². The molecule has 1 aliphatic rings. The van der Waals surface area contributed by atoms with Crippen LogP contribution in [-0.4, -0.2) is 0 Å². The highest BCUT2D eigenvalue weighted by molar-refractivity contribution is 5.41. The molecule has 1 heteroatoms. The van der Waals surface area contributed by atoms with E-state index in [1.54, 1.807) is 0 Å². The van der Waals surface area contributed by atoms with Crippen molar-refractivity contribution in [3.63, 3.8) is 0 Å². The summed E-state index contributed by atoms with van der Waals surface area (Å²) in [6.07, 6.45) is 0. The largest absolute Gasteiger partial charge is 0.309 e. The topological polar surface area (TPSA) is 12.0 Å². The molecule has 1 heterocycles. The van der Waals surface area contributed by atoms with Crippen LogP contribution in [0.1, 0.15) is 36.1 Å². The van der Waals surface area contributed by atoms with Crippen molar-refractivity contribution < 1.29 is 0 Å². The Kier molecular flexibility index (Phi) is 3.49. The Balaban J connectivity index is 0.000000396. The van der Waals surface area contributed by atoms with Crippen LogP contribution >= 0.6 is 0 Å². The van der Waals surface area contributed by atoms with Crippen molar-refractivity contribution in [2.45, 2.75) is 40.8 Å². The van der Waals surface area contributed by atoms with Crippen molar-refractivity contribution in [2.24, 2.45) is 0 Å². The molecule has 0 radical (unpaired) electrons. The Hall–Kier alpha value is -0.820. The second-order valence-electron chi connectivity index (χ2n) is 3.25. The van der Waals surface area contributed by atoms with Gasteiger partial charge in [-0.25, -0.2) is 0 Å². The third-order valence-corrected chi connectivity index (χ3v) is 2.58. The first-order chi connectivity index (χ1) is 6.29. The lowest BCUT2D eigenvalue weighted by molar-refractivity contribution is 0.763. The summed E-state index contributed by atoms with van der Waals surface area (Å²) in [5.74, 6) is 0. The van der Waals surface area contributed by atoms with Gasteiger partial charge >= 0.3 is 0 Å². The molecular weight excluding hydrogens is 158 g/mol. The summed E-state index contributed by atoms with van der Waals surface area (Å²) in [4.78, 5) is 0. The van der Waals surface area contributed by atoms with Crippen LogP contribution in [0.2, 0.25) is 0 Å². The number of nitrogens with one attached hydrogen (secondary N) is 1. The molecule has 1 aliphatic heterocycles. The van der Waals surface area contributed by atoms with Crippen LogP contribution in [0.15, 0.2) is 12.1 Å². The summed E-state index contributed by atoms with van der Waals surface area (Å²) in [5.41, 5.74) is 5.87. The van der Waals surface area contributed by atoms with Gasteiger partial charge in [0, 0.05) is 13.1 Å². The first kappa shape index (κ1) is 10.3. The van der Waals surface area contributed by atoms with Crippen molar-refractivity contribution >= 4 is 0 Å². The van der Waals surface area contributed by atoms with Gasteiger partial charge in [0.25, 0.3) is 0 Å². The number of benzene rings is 1. The molecule has 1 N–H and O–H groups in total. The maximum absolute atomic E-state index is 3.36. The monoisotopic (exact) mass is 177 g/mol. The quantitative estimate of drug-likeness (QED) is 0.642. The minimum absolute atomic E-state index is 1.05. The van der Waals surface area contributed by atoms with Crippen LogP contribution < -0.4 is 5.32 Å². The van der Waals surface area contributed by atoms with Crippen LogP contribution in [0.5, 0.6) is 0 Å². The number of aryl methyl sites for hydroxylation is 1. The summed E-state index contributed by atoms with van der Waals surface area (Å²) in [5, 5.41) is 3.36. The third kappa shape index (κ3) is 1.92. The summed E-state index contributed by atoms with van der Waals surface area (Å²) >= 11 is 0. The Labute approximate surface area is 81.2 Å². The molecule has 0 saturated heterocycles. The third-order valence-electron chi connectivity index (χ3n) is 2.58. The maximum atomic E-state index is 3.36. The number of fused-ring (bicyclic) bond motifs is 1. The molecule has 0 unspecified atom stereocenters. The van der Waals surface area contributed by atoms with E-state index in [1.807, 2.05) is 13.8 Å². The predicted octanol–water partition coefficient (Wildman–Crippen LogP) is 2.93. The van der Waals surface area contributed by atoms with Gasteiger partial charge in [0.1, 0.15) is 0 Å². The molecule has 13 heavy (non-hydrogen) atoms. The zero-order valence-electron chi connectivity index (χ0n) is 9.07. The lowest BCUT2D eigenvalue weighted by Gasteiger charge is -2.05. The molecule has 1 aromatic carbocycles.